The maximum atomic E-state index is 5.85. The molecule has 1 fully saturated rings. The van der Waals surface area contributed by atoms with Crippen LogP contribution in [-0.4, -0.2) is 9.78 Å². The van der Waals surface area contributed by atoms with Crippen LogP contribution < -0.4 is 11.3 Å². The Labute approximate surface area is 129 Å². The molecule has 1 aliphatic rings. The molecule has 1 aliphatic carbocycles. The van der Waals surface area contributed by atoms with Crippen molar-refractivity contribution in [2.45, 2.75) is 72.4 Å². The Morgan fingerprint density at radius 2 is 2.00 bits per heavy atom. The Bertz CT molecular complexity index is 424. The first-order valence-electron chi connectivity index (χ1n) is 8.44. The van der Waals surface area contributed by atoms with Crippen molar-refractivity contribution in [1.29, 1.82) is 0 Å². The topological polar surface area (TPSA) is 55.9 Å². The van der Waals surface area contributed by atoms with Gasteiger partial charge in [-0.15, -0.1) is 0 Å². The number of rotatable bonds is 5. The van der Waals surface area contributed by atoms with Crippen LogP contribution in [0.3, 0.4) is 0 Å². The summed E-state index contributed by atoms with van der Waals surface area (Å²) in [6, 6.07) is 0.247. The highest BCUT2D eigenvalue weighted by Gasteiger charge is 2.33. The first kappa shape index (κ1) is 16.5. The fraction of sp³-hybridized carbons (Fsp3) is 0.824. The summed E-state index contributed by atoms with van der Waals surface area (Å²) in [5, 5.41) is 4.44. The third-order valence-electron chi connectivity index (χ3n) is 5.11. The van der Waals surface area contributed by atoms with Gasteiger partial charge in [0.15, 0.2) is 0 Å². The third kappa shape index (κ3) is 4.07. The Morgan fingerprint density at radius 1 is 1.33 bits per heavy atom. The van der Waals surface area contributed by atoms with Crippen LogP contribution in [0.25, 0.3) is 0 Å². The van der Waals surface area contributed by atoms with Gasteiger partial charge < -0.3 is 0 Å². The van der Waals surface area contributed by atoms with Crippen molar-refractivity contribution in [1.82, 2.24) is 15.2 Å². The Balaban J connectivity index is 1.99. The molecular formula is C17H32N4. The minimum Gasteiger partial charge on any atom is -0.272 e. The van der Waals surface area contributed by atoms with E-state index in [1.165, 1.54) is 31.2 Å². The molecule has 0 radical (unpaired) electrons. The predicted molar refractivity (Wildman–Crippen MR) is 87.5 cm³/mol. The van der Waals surface area contributed by atoms with Crippen LogP contribution >= 0.6 is 0 Å². The average molecular weight is 292 g/mol. The lowest BCUT2D eigenvalue weighted by Crippen LogP contribution is -2.36. The molecular weight excluding hydrogens is 260 g/mol. The Hall–Kier alpha value is -0.870. The Kier molecular flexibility index (Phi) is 5.44. The van der Waals surface area contributed by atoms with Gasteiger partial charge in [-0.1, -0.05) is 27.7 Å². The van der Waals surface area contributed by atoms with Gasteiger partial charge in [-0.25, -0.2) is 0 Å². The highest BCUT2D eigenvalue weighted by atomic mass is 15.3. The van der Waals surface area contributed by atoms with Gasteiger partial charge in [0.2, 0.25) is 0 Å². The van der Waals surface area contributed by atoms with Gasteiger partial charge >= 0.3 is 0 Å². The molecule has 4 nitrogen and oxygen atoms in total. The SMILES string of the molecule is CCCn1cc(C(NN)C2CCC(C(C)(C)C)CC2)cn1. The van der Waals surface area contributed by atoms with E-state index in [-0.39, 0.29) is 6.04 Å². The lowest BCUT2D eigenvalue weighted by molar-refractivity contribution is 0.132. The molecule has 0 spiro atoms. The zero-order chi connectivity index (χ0) is 15.5. The van der Waals surface area contributed by atoms with Crippen molar-refractivity contribution in [3.05, 3.63) is 18.0 Å². The van der Waals surface area contributed by atoms with Crippen LogP contribution in [0.5, 0.6) is 0 Å². The van der Waals surface area contributed by atoms with Crippen molar-refractivity contribution < 1.29 is 0 Å². The molecule has 2 rings (SSSR count). The van der Waals surface area contributed by atoms with Gasteiger partial charge in [-0.05, 0) is 49.4 Å². The van der Waals surface area contributed by atoms with Crippen molar-refractivity contribution in [2.24, 2.45) is 23.1 Å². The zero-order valence-corrected chi connectivity index (χ0v) is 14.1. The number of hydrazine groups is 1. The predicted octanol–water partition coefficient (Wildman–Crippen LogP) is 3.65. The molecule has 0 saturated heterocycles. The molecule has 0 aromatic carbocycles. The summed E-state index contributed by atoms with van der Waals surface area (Å²) in [5.41, 5.74) is 4.72. The molecule has 120 valence electrons. The normalized spacial score (nSPS) is 25.0. The fourth-order valence-corrected chi connectivity index (χ4v) is 3.71. The van der Waals surface area contributed by atoms with Crippen molar-refractivity contribution in [3.63, 3.8) is 0 Å². The monoisotopic (exact) mass is 292 g/mol. The second-order valence-electron chi connectivity index (χ2n) is 7.66. The number of nitrogens with two attached hydrogens (primary N) is 1. The molecule has 21 heavy (non-hydrogen) atoms. The molecule has 0 aliphatic heterocycles. The Morgan fingerprint density at radius 3 is 2.52 bits per heavy atom. The number of hydrogen-bond acceptors (Lipinski definition) is 3. The van der Waals surface area contributed by atoms with E-state index in [9.17, 15) is 0 Å². The molecule has 0 bridgehead atoms. The molecule has 1 heterocycles. The number of aryl methyl sites for hydroxylation is 1. The minimum absolute atomic E-state index is 0.247. The van der Waals surface area contributed by atoms with Gasteiger partial charge in [0.1, 0.15) is 0 Å². The molecule has 0 amide bonds. The minimum atomic E-state index is 0.247. The van der Waals surface area contributed by atoms with Crippen LogP contribution in [0.4, 0.5) is 0 Å². The van der Waals surface area contributed by atoms with E-state index >= 15 is 0 Å². The van der Waals surface area contributed by atoms with E-state index in [0.717, 1.165) is 18.9 Å². The largest absolute Gasteiger partial charge is 0.272 e. The summed E-state index contributed by atoms with van der Waals surface area (Å²) in [6.07, 6.45) is 10.4. The molecule has 4 heteroatoms. The van der Waals surface area contributed by atoms with E-state index in [0.29, 0.717) is 11.3 Å². The number of nitrogens with one attached hydrogen (secondary N) is 1. The van der Waals surface area contributed by atoms with Crippen molar-refractivity contribution in [2.75, 3.05) is 0 Å². The van der Waals surface area contributed by atoms with Gasteiger partial charge in [0, 0.05) is 18.3 Å². The van der Waals surface area contributed by atoms with E-state index in [4.69, 9.17) is 5.84 Å². The van der Waals surface area contributed by atoms with E-state index in [1.54, 1.807) is 0 Å². The maximum Gasteiger partial charge on any atom is 0.0538 e. The summed E-state index contributed by atoms with van der Waals surface area (Å²) < 4.78 is 2.03. The molecule has 3 N–H and O–H groups in total. The van der Waals surface area contributed by atoms with Crippen LogP contribution in [0.15, 0.2) is 12.4 Å². The van der Waals surface area contributed by atoms with Gasteiger partial charge in [-0.3, -0.25) is 16.0 Å². The lowest BCUT2D eigenvalue weighted by Gasteiger charge is -2.39. The molecule has 1 aromatic rings. The van der Waals surface area contributed by atoms with E-state index < -0.39 is 0 Å². The molecule has 1 unspecified atom stereocenters. The average Bonchev–Trinajstić information content (AvgIpc) is 2.88. The smallest absolute Gasteiger partial charge is 0.0538 e. The molecule has 1 aromatic heterocycles. The molecule has 1 atom stereocenters. The standard InChI is InChI=1S/C17H32N4/c1-5-10-21-12-14(11-19-21)16(20-18)13-6-8-15(9-7-13)17(2,3)4/h11-13,15-16,20H,5-10,18H2,1-4H3. The quantitative estimate of drug-likeness (QED) is 0.643. The number of nitrogens with zero attached hydrogens (tertiary/aromatic N) is 2. The van der Waals surface area contributed by atoms with Gasteiger partial charge in [0.05, 0.1) is 12.2 Å². The summed E-state index contributed by atoms with van der Waals surface area (Å²) in [7, 11) is 0. The van der Waals surface area contributed by atoms with Crippen molar-refractivity contribution in [3.8, 4) is 0 Å². The second kappa shape index (κ2) is 6.93. The number of aromatic nitrogens is 2. The summed E-state index contributed by atoms with van der Waals surface area (Å²) in [6.45, 7) is 10.3. The first-order chi connectivity index (χ1) is 9.95. The maximum absolute atomic E-state index is 5.85. The lowest BCUT2D eigenvalue weighted by atomic mass is 9.68. The van der Waals surface area contributed by atoms with Gasteiger partial charge in [-0.2, -0.15) is 5.10 Å². The van der Waals surface area contributed by atoms with Crippen LogP contribution in [0.1, 0.15) is 71.4 Å². The van der Waals surface area contributed by atoms with E-state index in [2.05, 4.69) is 44.4 Å². The van der Waals surface area contributed by atoms with Crippen LogP contribution in [0, 0.1) is 17.3 Å². The van der Waals surface area contributed by atoms with Crippen LogP contribution in [0.2, 0.25) is 0 Å². The van der Waals surface area contributed by atoms with Gasteiger partial charge in [0.25, 0.3) is 0 Å². The highest BCUT2D eigenvalue weighted by Crippen LogP contribution is 2.43. The van der Waals surface area contributed by atoms with Crippen LogP contribution in [-0.2, 0) is 6.54 Å². The molecule has 1 saturated carbocycles. The zero-order valence-electron chi connectivity index (χ0n) is 14.1. The summed E-state index contributed by atoms with van der Waals surface area (Å²) in [4.78, 5) is 0. The third-order valence-corrected chi connectivity index (χ3v) is 5.11. The second-order valence-corrected chi connectivity index (χ2v) is 7.66. The first-order valence-corrected chi connectivity index (χ1v) is 8.44. The fourth-order valence-electron chi connectivity index (χ4n) is 3.71. The number of hydrogen-bond donors (Lipinski definition) is 2. The summed E-state index contributed by atoms with van der Waals surface area (Å²) in [5.74, 6) is 7.33. The van der Waals surface area contributed by atoms with Crippen molar-refractivity contribution >= 4 is 0 Å². The summed E-state index contributed by atoms with van der Waals surface area (Å²) >= 11 is 0. The highest BCUT2D eigenvalue weighted by molar-refractivity contribution is 5.12. The van der Waals surface area contributed by atoms with E-state index in [1.807, 2.05) is 10.9 Å².